The van der Waals surface area contributed by atoms with Crippen LogP contribution in [-0.4, -0.2) is 67.8 Å². The van der Waals surface area contributed by atoms with Gasteiger partial charge in [0.2, 0.25) is 15.9 Å². The molecule has 0 radical (unpaired) electrons. The number of sulfonamides is 1. The average Bonchev–Trinajstić information content (AvgIpc) is 3.02. The third kappa shape index (κ3) is 4.18. The molecule has 0 N–H and O–H groups in total. The second-order valence-corrected chi connectivity index (χ2v) is 8.32. The maximum Gasteiger partial charge on any atom is 0.226 e. The van der Waals surface area contributed by atoms with Crippen LogP contribution < -0.4 is 0 Å². The summed E-state index contributed by atoms with van der Waals surface area (Å²) in [6.07, 6.45) is 0.936. The monoisotopic (exact) mass is 387 g/mol. The minimum atomic E-state index is -3.25. The molecule has 1 saturated heterocycles. The molecule has 1 aromatic rings. The number of benzene rings is 1. The topological polar surface area (TPSA) is 79.3 Å². The van der Waals surface area contributed by atoms with Crippen molar-refractivity contribution in [1.82, 2.24) is 9.21 Å². The second kappa shape index (κ2) is 7.28. The molecule has 0 spiro atoms. The Morgan fingerprint density at radius 2 is 1.96 bits per heavy atom. The van der Waals surface area contributed by atoms with Gasteiger partial charge in [0.15, 0.2) is 0 Å². The first kappa shape index (κ1) is 18.7. The molecule has 1 aromatic carbocycles. The number of carbonyl (C=O) groups excluding carboxylic acids is 1. The molecule has 1 fully saturated rings. The van der Waals surface area contributed by atoms with Crippen molar-refractivity contribution in [3.05, 3.63) is 35.4 Å². The van der Waals surface area contributed by atoms with E-state index in [4.69, 9.17) is 4.84 Å². The molecule has 2 aliphatic rings. The molecule has 2 aliphatic heterocycles. The Kier molecular flexibility index (Phi) is 5.24. The van der Waals surface area contributed by atoms with Crippen molar-refractivity contribution in [1.29, 1.82) is 0 Å². The fourth-order valence-corrected chi connectivity index (χ4v) is 3.84. The predicted molar refractivity (Wildman–Crippen MR) is 90.0 cm³/mol. The van der Waals surface area contributed by atoms with E-state index in [0.29, 0.717) is 18.8 Å². The third-order valence-corrected chi connectivity index (χ3v) is 5.74. The maximum absolute atomic E-state index is 13.8. The number of hydrogen-bond donors (Lipinski definition) is 0. The Morgan fingerprint density at radius 3 is 2.58 bits per heavy atom. The zero-order chi connectivity index (χ0) is 18.9. The first-order valence-corrected chi connectivity index (χ1v) is 10.00. The molecule has 10 heteroatoms. The van der Waals surface area contributed by atoms with E-state index in [-0.39, 0.29) is 37.4 Å². The Bertz CT molecular complexity index is 836. The van der Waals surface area contributed by atoms with Gasteiger partial charge in [-0.15, -0.1) is 0 Å². The van der Waals surface area contributed by atoms with Gasteiger partial charge in [-0.05, 0) is 12.1 Å². The van der Waals surface area contributed by atoms with Gasteiger partial charge in [-0.1, -0.05) is 5.16 Å². The van der Waals surface area contributed by atoms with E-state index >= 15 is 0 Å². The lowest BCUT2D eigenvalue weighted by Gasteiger charge is -2.33. The molecule has 7 nitrogen and oxygen atoms in total. The van der Waals surface area contributed by atoms with Crippen molar-refractivity contribution in [3.63, 3.8) is 0 Å². The summed E-state index contributed by atoms with van der Waals surface area (Å²) in [7, 11) is -3.25. The van der Waals surface area contributed by atoms with Crippen molar-refractivity contribution in [2.75, 3.05) is 32.4 Å². The fourth-order valence-electron chi connectivity index (χ4n) is 3.01. The van der Waals surface area contributed by atoms with Crippen molar-refractivity contribution < 1.29 is 26.8 Å². The summed E-state index contributed by atoms with van der Waals surface area (Å²) in [6, 6.07) is 3.21. The van der Waals surface area contributed by atoms with Crippen LogP contribution in [0.3, 0.4) is 0 Å². The second-order valence-electron chi connectivity index (χ2n) is 6.34. The number of oxime groups is 1. The van der Waals surface area contributed by atoms with Crippen LogP contribution in [0.1, 0.15) is 18.4 Å². The molecular formula is C16H19F2N3O4S. The molecule has 0 bridgehead atoms. The van der Waals surface area contributed by atoms with E-state index in [1.165, 1.54) is 10.4 Å². The fraction of sp³-hybridized carbons (Fsp3) is 0.500. The van der Waals surface area contributed by atoms with Crippen LogP contribution in [0.25, 0.3) is 0 Å². The van der Waals surface area contributed by atoms with Gasteiger partial charge >= 0.3 is 0 Å². The van der Waals surface area contributed by atoms with Crippen LogP contribution in [0.5, 0.6) is 0 Å². The lowest BCUT2D eigenvalue weighted by molar-refractivity contribution is -0.135. The first-order valence-electron chi connectivity index (χ1n) is 8.15. The van der Waals surface area contributed by atoms with Gasteiger partial charge in [0.05, 0.1) is 18.4 Å². The summed E-state index contributed by atoms with van der Waals surface area (Å²) in [5.74, 6) is -1.57. The minimum absolute atomic E-state index is 0.0642. The highest BCUT2D eigenvalue weighted by Crippen LogP contribution is 2.22. The summed E-state index contributed by atoms with van der Waals surface area (Å²) in [6.45, 7) is 1.16. The SMILES string of the molecule is CS(=O)(=O)N1CCN(C(=O)CC2CC(c3ccc(F)cc3F)=NO2)CC1. The van der Waals surface area contributed by atoms with Crippen molar-refractivity contribution >= 4 is 21.6 Å². The van der Waals surface area contributed by atoms with E-state index in [1.807, 2.05) is 0 Å². The Hall–Kier alpha value is -2.07. The van der Waals surface area contributed by atoms with Crippen LogP contribution in [0.15, 0.2) is 23.4 Å². The van der Waals surface area contributed by atoms with E-state index in [0.717, 1.165) is 18.4 Å². The molecule has 3 rings (SSSR count). The minimum Gasteiger partial charge on any atom is -0.391 e. The Morgan fingerprint density at radius 1 is 1.27 bits per heavy atom. The summed E-state index contributed by atoms with van der Waals surface area (Å²) in [5.41, 5.74) is 0.491. The number of piperazine rings is 1. The maximum atomic E-state index is 13.8. The smallest absolute Gasteiger partial charge is 0.226 e. The predicted octanol–water partition coefficient (Wildman–Crippen LogP) is 0.952. The number of rotatable bonds is 4. The molecule has 2 heterocycles. The molecular weight excluding hydrogens is 368 g/mol. The number of halogens is 2. The van der Waals surface area contributed by atoms with E-state index in [9.17, 15) is 22.0 Å². The van der Waals surface area contributed by atoms with E-state index < -0.39 is 27.8 Å². The van der Waals surface area contributed by atoms with Gasteiger partial charge in [0.25, 0.3) is 0 Å². The van der Waals surface area contributed by atoms with E-state index in [2.05, 4.69) is 5.16 Å². The van der Waals surface area contributed by atoms with Gasteiger partial charge in [-0.2, -0.15) is 4.31 Å². The van der Waals surface area contributed by atoms with Crippen LogP contribution >= 0.6 is 0 Å². The van der Waals surface area contributed by atoms with Crippen molar-refractivity contribution in [2.45, 2.75) is 18.9 Å². The number of hydrogen-bond acceptors (Lipinski definition) is 5. The van der Waals surface area contributed by atoms with Gasteiger partial charge in [-0.25, -0.2) is 17.2 Å². The average molecular weight is 387 g/mol. The van der Waals surface area contributed by atoms with Gasteiger partial charge in [0.1, 0.15) is 17.7 Å². The van der Waals surface area contributed by atoms with E-state index in [1.54, 1.807) is 4.90 Å². The highest BCUT2D eigenvalue weighted by molar-refractivity contribution is 7.88. The van der Waals surface area contributed by atoms with Gasteiger partial charge in [-0.3, -0.25) is 4.79 Å². The number of nitrogens with zero attached hydrogens (tertiary/aromatic N) is 3. The number of amides is 1. The van der Waals surface area contributed by atoms with Crippen LogP contribution in [0.2, 0.25) is 0 Å². The molecule has 0 aromatic heterocycles. The highest BCUT2D eigenvalue weighted by Gasteiger charge is 2.31. The summed E-state index contributed by atoms with van der Waals surface area (Å²) >= 11 is 0. The standard InChI is InChI=1S/C16H19F2N3O4S/c1-26(23,24)21-6-4-20(5-7-21)16(22)10-12-9-15(19-25-12)13-3-2-11(17)8-14(13)18/h2-3,8,12H,4-7,9-10H2,1H3. The van der Waals surface area contributed by atoms with Gasteiger partial charge in [0, 0.05) is 44.2 Å². The van der Waals surface area contributed by atoms with Crippen molar-refractivity contribution in [3.8, 4) is 0 Å². The molecule has 1 atom stereocenters. The molecule has 0 aliphatic carbocycles. The zero-order valence-corrected chi connectivity index (χ0v) is 15.0. The highest BCUT2D eigenvalue weighted by atomic mass is 32.2. The number of carbonyl (C=O) groups is 1. The zero-order valence-electron chi connectivity index (χ0n) is 14.2. The Balaban J connectivity index is 1.53. The summed E-state index contributed by atoms with van der Waals surface area (Å²) in [5, 5.41) is 3.82. The van der Waals surface area contributed by atoms with Crippen molar-refractivity contribution in [2.24, 2.45) is 5.16 Å². The van der Waals surface area contributed by atoms with Crippen LogP contribution in [0.4, 0.5) is 8.78 Å². The summed E-state index contributed by atoms with van der Waals surface area (Å²) < 4.78 is 51.1. The molecule has 26 heavy (non-hydrogen) atoms. The first-order chi connectivity index (χ1) is 12.2. The molecule has 1 unspecified atom stereocenters. The van der Waals surface area contributed by atoms with Crippen LogP contribution in [0, 0.1) is 11.6 Å². The van der Waals surface area contributed by atoms with Gasteiger partial charge < -0.3 is 9.74 Å². The Labute approximate surface area is 150 Å². The third-order valence-electron chi connectivity index (χ3n) is 4.44. The lowest BCUT2D eigenvalue weighted by Crippen LogP contribution is -2.50. The van der Waals surface area contributed by atoms with Crippen LogP contribution in [-0.2, 0) is 19.7 Å². The lowest BCUT2D eigenvalue weighted by atomic mass is 10.0. The molecule has 142 valence electrons. The quantitative estimate of drug-likeness (QED) is 0.771. The molecule has 0 saturated carbocycles. The molecule has 1 amide bonds. The largest absolute Gasteiger partial charge is 0.391 e. The normalized spacial score (nSPS) is 21.4. The summed E-state index contributed by atoms with van der Waals surface area (Å²) in [4.78, 5) is 19.2.